The first-order valence-electron chi connectivity index (χ1n) is 5.48. The summed E-state index contributed by atoms with van der Waals surface area (Å²) in [6.07, 6.45) is -0.0228. The zero-order valence-electron chi connectivity index (χ0n) is 10.9. The van der Waals surface area contributed by atoms with Crippen LogP contribution in [-0.4, -0.2) is 39.9 Å². The van der Waals surface area contributed by atoms with Gasteiger partial charge in [-0.2, -0.15) is 4.39 Å². The fraction of sp³-hybridized carbons (Fsp3) is 0.364. The van der Waals surface area contributed by atoms with E-state index in [0.29, 0.717) is 0 Å². The van der Waals surface area contributed by atoms with Crippen LogP contribution in [-0.2, 0) is 14.8 Å². The van der Waals surface area contributed by atoms with E-state index < -0.39 is 32.3 Å². The molecule has 0 aliphatic heterocycles. The molecule has 0 radical (unpaired) electrons. The molecular formula is C11H14F2N2O4S. The molecule has 2 N–H and O–H groups in total. The van der Waals surface area contributed by atoms with Crippen molar-refractivity contribution >= 4 is 15.9 Å². The summed E-state index contributed by atoms with van der Waals surface area (Å²) in [6.45, 7) is -0.165. The fourth-order valence-corrected chi connectivity index (χ4v) is 1.91. The summed E-state index contributed by atoms with van der Waals surface area (Å²) >= 11 is 0. The molecule has 1 amide bonds. The number of nitrogens with two attached hydrogens (primary N) is 1. The first kappa shape index (κ1) is 16.3. The Balaban J connectivity index is 2.84. The SMILES string of the molecule is CN(C)C(=O)CCOc1ccc(S(N)(=O)=O)c(F)c1F. The van der Waals surface area contributed by atoms with Gasteiger partial charge in [0.25, 0.3) is 0 Å². The quantitative estimate of drug-likeness (QED) is 0.856. The largest absolute Gasteiger partial charge is 0.490 e. The maximum Gasteiger partial charge on any atom is 0.241 e. The average molecular weight is 308 g/mol. The number of carbonyl (C=O) groups excluding carboxylic acids is 1. The van der Waals surface area contributed by atoms with E-state index in [1.54, 1.807) is 14.1 Å². The van der Waals surface area contributed by atoms with Crippen LogP contribution in [0, 0.1) is 11.6 Å². The van der Waals surface area contributed by atoms with Gasteiger partial charge in [0, 0.05) is 14.1 Å². The van der Waals surface area contributed by atoms with Gasteiger partial charge in [0.2, 0.25) is 21.7 Å². The van der Waals surface area contributed by atoms with Crippen molar-refractivity contribution in [2.45, 2.75) is 11.3 Å². The van der Waals surface area contributed by atoms with Crippen molar-refractivity contribution in [2.75, 3.05) is 20.7 Å². The van der Waals surface area contributed by atoms with Crippen molar-refractivity contribution in [1.29, 1.82) is 0 Å². The molecule has 0 aromatic heterocycles. The second-order valence-corrected chi connectivity index (χ2v) is 5.65. The summed E-state index contributed by atoms with van der Waals surface area (Å²) in [5.41, 5.74) is 0. The van der Waals surface area contributed by atoms with E-state index in [1.165, 1.54) is 4.90 Å². The van der Waals surface area contributed by atoms with Gasteiger partial charge in [-0.3, -0.25) is 4.79 Å². The third-order valence-electron chi connectivity index (χ3n) is 2.39. The van der Waals surface area contributed by atoms with Gasteiger partial charge in [-0.05, 0) is 12.1 Å². The number of benzene rings is 1. The number of rotatable bonds is 5. The molecule has 0 spiro atoms. The van der Waals surface area contributed by atoms with E-state index >= 15 is 0 Å². The van der Waals surface area contributed by atoms with Crippen molar-refractivity contribution < 1.29 is 26.7 Å². The smallest absolute Gasteiger partial charge is 0.241 e. The van der Waals surface area contributed by atoms with E-state index in [1.807, 2.05) is 0 Å². The molecule has 0 bridgehead atoms. The molecule has 112 valence electrons. The lowest BCUT2D eigenvalue weighted by Crippen LogP contribution is -2.23. The van der Waals surface area contributed by atoms with Crippen LogP contribution in [0.3, 0.4) is 0 Å². The van der Waals surface area contributed by atoms with Crippen LogP contribution in [0.25, 0.3) is 0 Å². The summed E-state index contributed by atoms with van der Waals surface area (Å²) in [5, 5.41) is 4.72. The molecule has 0 atom stereocenters. The second-order valence-electron chi connectivity index (χ2n) is 4.12. The number of nitrogens with zero attached hydrogens (tertiary/aromatic N) is 1. The zero-order chi connectivity index (χ0) is 15.5. The normalized spacial score (nSPS) is 11.2. The molecule has 1 rings (SSSR count). The van der Waals surface area contributed by atoms with Gasteiger partial charge in [0.05, 0.1) is 13.0 Å². The highest BCUT2D eigenvalue weighted by atomic mass is 32.2. The number of primary sulfonamides is 1. The third-order valence-corrected chi connectivity index (χ3v) is 3.32. The van der Waals surface area contributed by atoms with Crippen LogP contribution in [0.4, 0.5) is 8.78 Å². The van der Waals surface area contributed by atoms with Crippen LogP contribution in [0.1, 0.15) is 6.42 Å². The molecule has 0 aliphatic carbocycles. The molecule has 1 aromatic rings. The predicted molar refractivity (Wildman–Crippen MR) is 66.5 cm³/mol. The Morgan fingerprint density at radius 1 is 1.30 bits per heavy atom. The van der Waals surface area contributed by atoms with E-state index in [2.05, 4.69) is 0 Å². The first-order chi connectivity index (χ1) is 9.14. The Hall–Kier alpha value is -1.74. The Bertz CT molecular complexity index is 617. The molecule has 1 aromatic carbocycles. The number of hydrogen-bond donors (Lipinski definition) is 1. The van der Waals surface area contributed by atoms with Crippen LogP contribution in [0.2, 0.25) is 0 Å². The average Bonchev–Trinajstić information content (AvgIpc) is 2.32. The minimum Gasteiger partial charge on any atom is -0.490 e. The minimum absolute atomic E-state index is 0.0228. The van der Waals surface area contributed by atoms with E-state index in [4.69, 9.17) is 9.88 Å². The first-order valence-corrected chi connectivity index (χ1v) is 7.03. The molecule has 0 saturated carbocycles. The summed E-state index contributed by atoms with van der Waals surface area (Å²) < 4.78 is 53.9. The van der Waals surface area contributed by atoms with E-state index in [9.17, 15) is 22.0 Å². The van der Waals surface area contributed by atoms with Crippen LogP contribution in [0.5, 0.6) is 5.75 Å². The van der Waals surface area contributed by atoms with Gasteiger partial charge in [-0.15, -0.1) is 0 Å². The monoisotopic (exact) mass is 308 g/mol. The third kappa shape index (κ3) is 3.87. The molecule has 0 unspecified atom stereocenters. The maximum absolute atomic E-state index is 13.6. The lowest BCUT2D eigenvalue weighted by Gasteiger charge is -2.12. The van der Waals surface area contributed by atoms with Gasteiger partial charge in [-0.25, -0.2) is 17.9 Å². The van der Waals surface area contributed by atoms with Crippen LogP contribution >= 0.6 is 0 Å². The topological polar surface area (TPSA) is 89.7 Å². The molecular weight excluding hydrogens is 294 g/mol. The number of carbonyl (C=O) groups is 1. The Labute approximate surface area is 115 Å². The van der Waals surface area contributed by atoms with Crippen molar-refractivity contribution in [3.63, 3.8) is 0 Å². The Morgan fingerprint density at radius 3 is 2.40 bits per heavy atom. The summed E-state index contributed by atoms with van der Waals surface area (Å²) in [7, 11) is -1.26. The summed E-state index contributed by atoms with van der Waals surface area (Å²) in [5.74, 6) is -3.80. The predicted octanol–water partition coefficient (Wildman–Crippen LogP) is 0.469. The highest BCUT2D eigenvalue weighted by molar-refractivity contribution is 7.89. The number of hydrogen-bond acceptors (Lipinski definition) is 4. The van der Waals surface area contributed by atoms with Crippen molar-refractivity contribution in [3.8, 4) is 5.75 Å². The molecule has 0 heterocycles. The van der Waals surface area contributed by atoms with E-state index in [-0.39, 0.29) is 18.9 Å². The highest BCUT2D eigenvalue weighted by Crippen LogP contribution is 2.24. The second kappa shape index (κ2) is 6.14. The Kier molecular flexibility index (Phi) is 5.01. The summed E-state index contributed by atoms with van der Waals surface area (Å²) in [4.78, 5) is 11.6. The summed E-state index contributed by atoms with van der Waals surface area (Å²) in [6, 6.07) is 1.75. The maximum atomic E-state index is 13.6. The fourth-order valence-electron chi connectivity index (χ4n) is 1.32. The van der Waals surface area contributed by atoms with Gasteiger partial charge in [-0.1, -0.05) is 0 Å². The van der Waals surface area contributed by atoms with E-state index in [0.717, 1.165) is 12.1 Å². The van der Waals surface area contributed by atoms with Gasteiger partial charge < -0.3 is 9.64 Å². The molecule has 20 heavy (non-hydrogen) atoms. The minimum atomic E-state index is -4.35. The molecule has 6 nitrogen and oxygen atoms in total. The van der Waals surface area contributed by atoms with Gasteiger partial charge in [0.15, 0.2) is 11.6 Å². The lowest BCUT2D eigenvalue weighted by atomic mass is 10.3. The molecule has 0 saturated heterocycles. The van der Waals surface area contributed by atoms with Crippen LogP contribution in [0.15, 0.2) is 17.0 Å². The standard InChI is InChI=1S/C11H14F2N2O4S/c1-15(2)9(16)5-6-19-7-3-4-8(20(14,17)18)11(13)10(7)12/h3-4H,5-6H2,1-2H3,(H2,14,17,18). The number of sulfonamides is 1. The Morgan fingerprint density at radius 2 is 1.90 bits per heavy atom. The van der Waals surface area contributed by atoms with Gasteiger partial charge in [0.1, 0.15) is 4.90 Å². The van der Waals surface area contributed by atoms with Crippen molar-refractivity contribution in [1.82, 2.24) is 4.90 Å². The van der Waals surface area contributed by atoms with Crippen LogP contribution < -0.4 is 9.88 Å². The number of amides is 1. The zero-order valence-corrected chi connectivity index (χ0v) is 11.7. The van der Waals surface area contributed by atoms with Crippen molar-refractivity contribution in [3.05, 3.63) is 23.8 Å². The number of ether oxygens (including phenoxy) is 1. The number of halogens is 2. The van der Waals surface area contributed by atoms with Crippen molar-refractivity contribution in [2.24, 2.45) is 5.14 Å². The molecule has 0 fully saturated rings. The van der Waals surface area contributed by atoms with Gasteiger partial charge >= 0.3 is 0 Å². The molecule has 9 heteroatoms. The molecule has 0 aliphatic rings. The highest BCUT2D eigenvalue weighted by Gasteiger charge is 2.21. The lowest BCUT2D eigenvalue weighted by molar-refractivity contribution is -0.129.